The van der Waals surface area contributed by atoms with Crippen molar-refractivity contribution in [2.45, 2.75) is 13.5 Å². The van der Waals surface area contributed by atoms with Crippen LogP contribution in [0, 0.1) is 12.7 Å². The molecular weight excluding hydrogens is 387 g/mol. The number of fused-ring (bicyclic) bond motifs is 1. The van der Waals surface area contributed by atoms with E-state index in [0.717, 1.165) is 32.8 Å². The van der Waals surface area contributed by atoms with E-state index in [1.807, 2.05) is 49.2 Å². The van der Waals surface area contributed by atoms with Gasteiger partial charge in [-0.15, -0.1) is 11.3 Å². The molecule has 29 heavy (non-hydrogen) atoms. The molecule has 7 heteroatoms. The standard InChI is InChI=1S/C22H19FN4OS/c1-14-18-20(27(2)17-6-4-3-5-7-17)25-13-26-22(18)29-19(14)21(28)24-12-15-8-10-16(23)11-9-15/h3-11,13H,12H2,1-2H3,(H,24,28). The molecule has 0 bridgehead atoms. The monoisotopic (exact) mass is 406 g/mol. The number of hydrogen-bond donors (Lipinski definition) is 1. The van der Waals surface area contributed by atoms with Gasteiger partial charge in [-0.2, -0.15) is 0 Å². The number of para-hydroxylation sites is 1. The predicted molar refractivity (Wildman–Crippen MR) is 114 cm³/mol. The van der Waals surface area contributed by atoms with Crippen molar-refractivity contribution in [1.82, 2.24) is 15.3 Å². The molecule has 0 saturated carbocycles. The van der Waals surface area contributed by atoms with Gasteiger partial charge in [0, 0.05) is 19.3 Å². The zero-order chi connectivity index (χ0) is 20.4. The lowest BCUT2D eigenvalue weighted by molar-refractivity contribution is 0.0954. The molecule has 0 fully saturated rings. The number of nitrogens with one attached hydrogen (secondary N) is 1. The third kappa shape index (κ3) is 3.82. The summed E-state index contributed by atoms with van der Waals surface area (Å²) < 4.78 is 13.0. The van der Waals surface area contributed by atoms with Gasteiger partial charge in [-0.1, -0.05) is 30.3 Å². The van der Waals surface area contributed by atoms with E-state index in [4.69, 9.17) is 0 Å². The van der Waals surface area contributed by atoms with Crippen LogP contribution in [0.5, 0.6) is 0 Å². The highest BCUT2D eigenvalue weighted by atomic mass is 32.1. The van der Waals surface area contributed by atoms with E-state index in [1.54, 1.807) is 12.1 Å². The summed E-state index contributed by atoms with van der Waals surface area (Å²) >= 11 is 1.35. The topological polar surface area (TPSA) is 58.1 Å². The maximum atomic E-state index is 13.0. The Morgan fingerprint density at radius 3 is 2.55 bits per heavy atom. The van der Waals surface area contributed by atoms with Crippen LogP contribution in [0.25, 0.3) is 10.2 Å². The van der Waals surface area contributed by atoms with Gasteiger partial charge in [-0.05, 0) is 42.3 Å². The van der Waals surface area contributed by atoms with Gasteiger partial charge >= 0.3 is 0 Å². The molecule has 0 aliphatic heterocycles. The van der Waals surface area contributed by atoms with Crippen LogP contribution in [0.15, 0.2) is 60.9 Å². The summed E-state index contributed by atoms with van der Waals surface area (Å²) in [4.78, 5) is 25.0. The number of aromatic nitrogens is 2. The van der Waals surface area contributed by atoms with Crippen LogP contribution in [0.2, 0.25) is 0 Å². The number of halogens is 1. The molecule has 0 aliphatic carbocycles. The lowest BCUT2D eigenvalue weighted by atomic mass is 10.1. The number of benzene rings is 2. The highest BCUT2D eigenvalue weighted by Crippen LogP contribution is 2.36. The van der Waals surface area contributed by atoms with Crippen LogP contribution in [0.1, 0.15) is 20.8 Å². The fourth-order valence-electron chi connectivity index (χ4n) is 3.16. The summed E-state index contributed by atoms with van der Waals surface area (Å²) in [5.41, 5.74) is 2.68. The molecule has 4 aromatic rings. The first-order valence-electron chi connectivity index (χ1n) is 9.10. The van der Waals surface area contributed by atoms with E-state index in [0.29, 0.717) is 11.4 Å². The molecule has 2 aromatic carbocycles. The van der Waals surface area contributed by atoms with Crippen molar-refractivity contribution in [3.8, 4) is 0 Å². The first kappa shape index (κ1) is 19.0. The fraction of sp³-hybridized carbons (Fsp3) is 0.136. The van der Waals surface area contributed by atoms with Gasteiger partial charge in [0.25, 0.3) is 5.91 Å². The number of nitrogens with zero attached hydrogens (tertiary/aromatic N) is 3. The second-order valence-corrected chi connectivity index (χ2v) is 7.64. The predicted octanol–water partition coefficient (Wildman–Crippen LogP) is 4.84. The Balaban J connectivity index is 1.63. The lowest BCUT2D eigenvalue weighted by Gasteiger charge is -2.19. The van der Waals surface area contributed by atoms with Gasteiger partial charge in [-0.3, -0.25) is 4.79 Å². The molecule has 1 N–H and O–H groups in total. The first-order valence-corrected chi connectivity index (χ1v) is 9.92. The van der Waals surface area contributed by atoms with Crippen molar-refractivity contribution < 1.29 is 9.18 Å². The summed E-state index contributed by atoms with van der Waals surface area (Å²) in [5, 5.41) is 3.78. The lowest BCUT2D eigenvalue weighted by Crippen LogP contribution is -2.22. The molecule has 0 saturated heterocycles. The van der Waals surface area contributed by atoms with Crippen molar-refractivity contribution in [2.24, 2.45) is 0 Å². The van der Waals surface area contributed by atoms with Crippen molar-refractivity contribution in [3.63, 3.8) is 0 Å². The molecule has 1 amide bonds. The zero-order valence-corrected chi connectivity index (χ0v) is 16.8. The third-order valence-corrected chi connectivity index (χ3v) is 5.94. The van der Waals surface area contributed by atoms with Crippen LogP contribution in [0.4, 0.5) is 15.9 Å². The minimum Gasteiger partial charge on any atom is -0.347 e. The molecule has 0 radical (unpaired) electrons. The third-order valence-electron chi connectivity index (χ3n) is 4.74. The Morgan fingerprint density at radius 1 is 1.10 bits per heavy atom. The van der Waals surface area contributed by atoms with Crippen LogP contribution in [0.3, 0.4) is 0 Å². The maximum absolute atomic E-state index is 13.0. The Bertz CT molecular complexity index is 1160. The van der Waals surface area contributed by atoms with E-state index in [2.05, 4.69) is 15.3 Å². The SMILES string of the molecule is Cc1c(C(=O)NCc2ccc(F)cc2)sc2ncnc(N(C)c3ccccc3)c12. The number of amides is 1. The molecule has 2 heterocycles. The van der Waals surface area contributed by atoms with Gasteiger partial charge in [-0.25, -0.2) is 14.4 Å². The van der Waals surface area contributed by atoms with E-state index in [9.17, 15) is 9.18 Å². The van der Waals surface area contributed by atoms with Gasteiger partial charge in [0.15, 0.2) is 0 Å². The Kier molecular flexibility index (Phi) is 5.22. The molecule has 0 spiro atoms. The second-order valence-electron chi connectivity index (χ2n) is 6.64. The van der Waals surface area contributed by atoms with Crippen LogP contribution in [-0.4, -0.2) is 22.9 Å². The van der Waals surface area contributed by atoms with Gasteiger partial charge < -0.3 is 10.2 Å². The second kappa shape index (κ2) is 7.97. The van der Waals surface area contributed by atoms with E-state index in [1.165, 1.54) is 29.8 Å². The molecule has 0 unspecified atom stereocenters. The summed E-state index contributed by atoms with van der Waals surface area (Å²) in [6.45, 7) is 2.24. The van der Waals surface area contributed by atoms with Gasteiger partial charge in [0.2, 0.25) is 0 Å². The summed E-state index contributed by atoms with van der Waals surface area (Å²) in [6, 6.07) is 16.0. The van der Waals surface area contributed by atoms with E-state index < -0.39 is 0 Å². The number of carbonyl (C=O) groups excluding carboxylic acids is 1. The first-order chi connectivity index (χ1) is 14.0. The molecule has 0 atom stereocenters. The van der Waals surface area contributed by atoms with E-state index in [-0.39, 0.29) is 11.7 Å². The van der Waals surface area contributed by atoms with Crippen molar-refractivity contribution >= 4 is 39.0 Å². The van der Waals surface area contributed by atoms with Crippen molar-refractivity contribution in [3.05, 3.63) is 82.7 Å². The van der Waals surface area contributed by atoms with E-state index >= 15 is 0 Å². The smallest absolute Gasteiger partial charge is 0.261 e. The largest absolute Gasteiger partial charge is 0.347 e. The number of aryl methyl sites for hydroxylation is 1. The maximum Gasteiger partial charge on any atom is 0.261 e. The summed E-state index contributed by atoms with van der Waals surface area (Å²) in [6.07, 6.45) is 1.52. The van der Waals surface area contributed by atoms with Gasteiger partial charge in [0.1, 0.15) is 22.8 Å². The van der Waals surface area contributed by atoms with Crippen LogP contribution >= 0.6 is 11.3 Å². The fourth-order valence-corrected chi connectivity index (χ4v) is 4.22. The number of carbonyl (C=O) groups is 1. The summed E-state index contributed by atoms with van der Waals surface area (Å²) in [5.74, 6) is 0.282. The molecule has 146 valence electrons. The molecule has 4 rings (SSSR count). The number of thiophene rings is 1. The Labute approximate surface area is 171 Å². The van der Waals surface area contributed by atoms with Crippen molar-refractivity contribution in [2.75, 3.05) is 11.9 Å². The quantitative estimate of drug-likeness (QED) is 0.515. The normalized spacial score (nSPS) is 10.9. The highest BCUT2D eigenvalue weighted by molar-refractivity contribution is 7.20. The molecule has 5 nitrogen and oxygen atoms in total. The summed E-state index contributed by atoms with van der Waals surface area (Å²) in [7, 11) is 1.95. The average Bonchev–Trinajstić information content (AvgIpc) is 3.10. The molecule has 2 aromatic heterocycles. The van der Waals surface area contributed by atoms with Crippen LogP contribution in [-0.2, 0) is 6.54 Å². The van der Waals surface area contributed by atoms with Crippen LogP contribution < -0.4 is 10.2 Å². The molecular formula is C22H19FN4OS. The number of rotatable bonds is 5. The molecule has 0 aliphatic rings. The number of anilines is 2. The number of hydrogen-bond acceptors (Lipinski definition) is 5. The Hall–Kier alpha value is -3.32. The highest BCUT2D eigenvalue weighted by Gasteiger charge is 2.21. The minimum atomic E-state index is -0.297. The van der Waals surface area contributed by atoms with Gasteiger partial charge in [0.05, 0.1) is 10.3 Å². The average molecular weight is 406 g/mol. The van der Waals surface area contributed by atoms with Crippen molar-refractivity contribution in [1.29, 1.82) is 0 Å². The minimum absolute atomic E-state index is 0.178. The zero-order valence-electron chi connectivity index (χ0n) is 16.0. The Morgan fingerprint density at radius 2 is 1.83 bits per heavy atom.